The van der Waals surface area contributed by atoms with E-state index in [-0.39, 0.29) is 6.54 Å². The fraction of sp³-hybridized carbons (Fsp3) is 0.353. The van der Waals surface area contributed by atoms with Crippen molar-refractivity contribution in [2.24, 2.45) is 0 Å². The van der Waals surface area contributed by atoms with E-state index in [4.69, 9.17) is 16.3 Å². The van der Waals surface area contributed by atoms with Crippen LogP contribution in [-0.4, -0.2) is 24.7 Å². The molecule has 3 nitrogen and oxygen atoms in total. The monoisotopic (exact) mass is 374 g/mol. The first-order valence-electron chi connectivity index (χ1n) is 7.71. The Morgan fingerprint density at radius 3 is 2.12 bits per heavy atom. The summed E-state index contributed by atoms with van der Waals surface area (Å²) < 4.78 is 59.6. The van der Waals surface area contributed by atoms with Crippen molar-refractivity contribution < 1.29 is 22.3 Å². The molecular weight excluding hydrogens is 360 g/mol. The van der Waals surface area contributed by atoms with Crippen molar-refractivity contribution in [3.05, 3.63) is 58.4 Å². The van der Waals surface area contributed by atoms with Crippen LogP contribution in [0.3, 0.4) is 0 Å². The summed E-state index contributed by atoms with van der Waals surface area (Å²) in [6.07, 6.45) is 1.17. The minimum Gasteiger partial charge on any atom is -0.381 e. The van der Waals surface area contributed by atoms with Crippen molar-refractivity contribution in [3.63, 3.8) is 0 Å². The second kappa shape index (κ2) is 7.17. The molecule has 2 heterocycles. The maximum Gasteiger partial charge on any atom is 0.253 e. The van der Waals surface area contributed by atoms with Crippen molar-refractivity contribution in [1.29, 1.82) is 0 Å². The Hall–Kier alpha value is -1.86. The molecule has 3 rings (SSSR count). The smallest absolute Gasteiger partial charge is 0.253 e. The highest BCUT2D eigenvalue weighted by molar-refractivity contribution is 6.30. The minimum atomic E-state index is -1.69. The van der Waals surface area contributed by atoms with Gasteiger partial charge in [-0.2, -0.15) is 22.5 Å². The molecule has 8 heteroatoms. The lowest BCUT2D eigenvalue weighted by atomic mass is 9.74. The summed E-state index contributed by atoms with van der Waals surface area (Å²) in [4.78, 5) is 2.56. The second-order valence-electron chi connectivity index (χ2n) is 5.95. The van der Waals surface area contributed by atoms with Crippen LogP contribution in [0, 0.1) is 23.5 Å². The van der Waals surface area contributed by atoms with Gasteiger partial charge in [-0.3, -0.25) is 0 Å². The first-order chi connectivity index (χ1) is 11.9. The molecule has 1 aliphatic heterocycles. The number of ether oxygens (including phenoxy) is 1. The van der Waals surface area contributed by atoms with Gasteiger partial charge < -0.3 is 10.1 Å². The van der Waals surface area contributed by atoms with Gasteiger partial charge in [0.15, 0.2) is 0 Å². The van der Waals surface area contributed by atoms with E-state index in [9.17, 15) is 17.6 Å². The number of anilines is 1. The Morgan fingerprint density at radius 1 is 1.00 bits per heavy atom. The maximum atomic E-state index is 13.8. The molecule has 0 saturated carbocycles. The summed E-state index contributed by atoms with van der Waals surface area (Å²) in [6.45, 7) is 1.01. The first kappa shape index (κ1) is 17.9. The molecule has 1 aliphatic rings. The van der Waals surface area contributed by atoms with Gasteiger partial charge in [-0.1, -0.05) is 23.7 Å². The minimum absolute atomic E-state index is 0.0781. The largest absolute Gasteiger partial charge is 0.381 e. The normalized spacial score (nSPS) is 16.7. The number of pyridine rings is 1. The summed E-state index contributed by atoms with van der Waals surface area (Å²) in [6, 6.07) is 7.10. The van der Waals surface area contributed by atoms with Gasteiger partial charge in [0.25, 0.3) is 11.9 Å². The zero-order valence-electron chi connectivity index (χ0n) is 13.1. The molecule has 0 bridgehead atoms. The van der Waals surface area contributed by atoms with E-state index in [2.05, 4.69) is 10.3 Å². The highest BCUT2D eigenvalue weighted by Crippen LogP contribution is 2.36. The molecule has 1 aromatic heterocycles. The molecule has 0 aliphatic carbocycles. The summed E-state index contributed by atoms with van der Waals surface area (Å²) in [7, 11) is 0. The third-order valence-corrected chi connectivity index (χ3v) is 4.76. The van der Waals surface area contributed by atoms with Crippen molar-refractivity contribution >= 4 is 17.3 Å². The molecular formula is C17H15ClF4N2O. The number of hydrogen-bond acceptors (Lipinski definition) is 3. The SMILES string of the molecule is Fc1nc(F)c(F)c(NCC2(c3ccc(Cl)cc3)CCOCC2)c1F. The molecule has 25 heavy (non-hydrogen) atoms. The van der Waals surface area contributed by atoms with Gasteiger partial charge in [-0.05, 0) is 30.5 Å². The van der Waals surface area contributed by atoms with Crippen LogP contribution < -0.4 is 5.32 Å². The van der Waals surface area contributed by atoms with Crippen LogP contribution in [0.5, 0.6) is 0 Å². The van der Waals surface area contributed by atoms with Gasteiger partial charge in [0.2, 0.25) is 11.6 Å². The summed E-state index contributed by atoms with van der Waals surface area (Å²) in [5.41, 5.74) is -0.453. The van der Waals surface area contributed by atoms with E-state index >= 15 is 0 Å². The van der Waals surface area contributed by atoms with Crippen LogP contribution in [0.4, 0.5) is 23.2 Å². The topological polar surface area (TPSA) is 34.2 Å². The number of benzene rings is 1. The lowest BCUT2D eigenvalue weighted by Gasteiger charge is -2.38. The van der Waals surface area contributed by atoms with Gasteiger partial charge in [0, 0.05) is 30.2 Å². The quantitative estimate of drug-likeness (QED) is 0.634. The lowest BCUT2D eigenvalue weighted by Crippen LogP contribution is -2.40. The summed E-state index contributed by atoms with van der Waals surface area (Å²) >= 11 is 5.92. The van der Waals surface area contributed by atoms with Crippen LogP contribution in [0.1, 0.15) is 18.4 Å². The van der Waals surface area contributed by atoms with Crippen molar-refractivity contribution in [2.75, 3.05) is 25.1 Å². The van der Waals surface area contributed by atoms with Gasteiger partial charge in [0.05, 0.1) is 0 Å². The highest BCUT2D eigenvalue weighted by atomic mass is 35.5. The second-order valence-corrected chi connectivity index (χ2v) is 6.39. The number of aromatic nitrogens is 1. The molecule has 1 aromatic carbocycles. The van der Waals surface area contributed by atoms with Gasteiger partial charge in [0.1, 0.15) is 5.69 Å². The predicted octanol–water partition coefficient (Wildman–Crippen LogP) is 4.45. The van der Waals surface area contributed by atoms with E-state index in [1.165, 1.54) is 0 Å². The van der Waals surface area contributed by atoms with E-state index in [0.29, 0.717) is 31.1 Å². The van der Waals surface area contributed by atoms with Crippen LogP contribution in [-0.2, 0) is 10.2 Å². The zero-order chi connectivity index (χ0) is 18.0. The van der Waals surface area contributed by atoms with Gasteiger partial charge in [-0.25, -0.2) is 0 Å². The lowest BCUT2D eigenvalue weighted by molar-refractivity contribution is 0.0543. The van der Waals surface area contributed by atoms with E-state index in [0.717, 1.165) is 5.56 Å². The molecule has 2 aromatic rings. The highest BCUT2D eigenvalue weighted by Gasteiger charge is 2.35. The molecule has 0 amide bonds. The molecule has 0 radical (unpaired) electrons. The van der Waals surface area contributed by atoms with Crippen molar-refractivity contribution in [3.8, 4) is 0 Å². The van der Waals surface area contributed by atoms with Crippen molar-refractivity contribution in [1.82, 2.24) is 4.98 Å². The number of nitrogens with one attached hydrogen (secondary N) is 1. The molecule has 0 atom stereocenters. The number of nitrogens with zero attached hydrogens (tertiary/aromatic N) is 1. The van der Waals surface area contributed by atoms with Gasteiger partial charge in [-0.15, -0.1) is 0 Å². The fourth-order valence-electron chi connectivity index (χ4n) is 3.03. The number of rotatable bonds is 4. The van der Waals surface area contributed by atoms with E-state index in [1.54, 1.807) is 12.1 Å². The molecule has 1 saturated heterocycles. The van der Waals surface area contributed by atoms with Crippen molar-refractivity contribution in [2.45, 2.75) is 18.3 Å². The van der Waals surface area contributed by atoms with Crippen LogP contribution in [0.2, 0.25) is 5.02 Å². The Balaban J connectivity index is 1.91. The molecule has 134 valence electrons. The average molecular weight is 375 g/mol. The molecule has 0 spiro atoms. The van der Waals surface area contributed by atoms with Gasteiger partial charge >= 0.3 is 0 Å². The summed E-state index contributed by atoms with van der Waals surface area (Å²) in [5.74, 6) is -6.46. The Morgan fingerprint density at radius 2 is 1.56 bits per heavy atom. The average Bonchev–Trinajstić information content (AvgIpc) is 2.61. The molecule has 1 fully saturated rings. The predicted molar refractivity (Wildman–Crippen MR) is 85.7 cm³/mol. The van der Waals surface area contributed by atoms with Crippen LogP contribution in [0.25, 0.3) is 0 Å². The van der Waals surface area contributed by atoms with Crippen LogP contribution >= 0.6 is 11.6 Å². The van der Waals surface area contributed by atoms with Crippen LogP contribution in [0.15, 0.2) is 24.3 Å². The molecule has 1 N–H and O–H groups in total. The Bertz CT molecular complexity index is 738. The Kier molecular flexibility index (Phi) is 5.15. The first-order valence-corrected chi connectivity index (χ1v) is 8.08. The summed E-state index contributed by atoms with van der Waals surface area (Å²) in [5, 5.41) is 3.09. The van der Waals surface area contributed by atoms with E-state index < -0.39 is 34.6 Å². The van der Waals surface area contributed by atoms with E-state index in [1.807, 2.05) is 12.1 Å². The molecule has 0 unspecified atom stereocenters. The maximum absolute atomic E-state index is 13.8. The third kappa shape index (κ3) is 3.57. The third-order valence-electron chi connectivity index (χ3n) is 4.51. The Labute approximate surface area is 147 Å². The number of halogens is 5. The standard InChI is InChI=1S/C17H15ClF4N2O/c18-11-3-1-10(2-4-11)17(5-7-25-8-6-17)9-23-14-12(19)15(21)24-16(22)13(14)20/h1-4H,5-9H2,(H,23,24). The number of hydrogen-bond donors (Lipinski definition) is 1. The fourth-order valence-corrected chi connectivity index (χ4v) is 3.16. The zero-order valence-corrected chi connectivity index (χ0v) is 13.8.